The number of nitrogens with one attached hydrogen (secondary N) is 1. The van der Waals surface area contributed by atoms with E-state index >= 15 is 0 Å². The van der Waals surface area contributed by atoms with E-state index < -0.39 is 0 Å². The molecule has 102 valence electrons. The summed E-state index contributed by atoms with van der Waals surface area (Å²) in [6.07, 6.45) is 5.67. The predicted octanol–water partition coefficient (Wildman–Crippen LogP) is 2.75. The second-order valence-corrected chi connectivity index (χ2v) is 5.59. The molecule has 0 amide bonds. The van der Waals surface area contributed by atoms with Crippen molar-refractivity contribution in [1.29, 1.82) is 0 Å². The van der Waals surface area contributed by atoms with E-state index in [9.17, 15) is 4.79 Å². The summed E-state index contributed by atoms with van der Waals surface area (Å²) in [7, 11) is 0. The predicted molar refractivity (Wildman–Crippen MR) is 75.9 cm³/mol. The molecule has 0 radical (unpaired) electrons. The van der Waals surface area contributed by atoms with Crippen molar-refractivity contribution < 1.29 is 0 Å². The van der Waals surface area contributed by atoms with Gasteiger partial charge in [0.05, 0.1) is 0 Å². The Labute approximate surface area is 109 Å². The quantitative estimate of drug-likeness (QED) is 0.758. The van der Waals surface area contributed by atoms with Gasteiger partial charge in [-0.1, -0.05) is 27.7 Å². The number of aromatic nitrogens is 2. The molecule has 0 fully saturated rings. The van der Waals surface area contributed by atoms with Crippen LogP contribution in [0, 0.1) is 11.8 Å². The van der Waals surface area contributed by atoms with Gasteiger partial charge in [-0.15, -0.1) is 0 Å². The SMILES string of the molecule is CC(C)CCCNc1nccn(CC(C)C)c1=O. The number of nitrogens with zero attached hydrogens (tertiary/aromatic N) is 2. The Morgan fingerprint density at radius 2 is 2.00 bits per heavy atom. The molecule has 0 bridgehead atoms. The molecule has 1 aromatic rings. The average molecular weight is 251 g/mol. The minimum absolute atomic E-state index is 0.0178. The molecule has 1 aromatic heterocycles. The third-order valence-electron chi connectivity index (χ3n) is 2.73. The molecule has 4 nitrogen and oxygen atoms in total. The lowest BCUT2D eigenvalue weighted by atomic mass is 10.1. The lowest BCUT2D eigenvalue weighted by Crippen LogP contribution is -2.26. The lowest BCUT2D eigenvalue weighted by Gasteiger charge is -2.11. The third kappa shape index (κ3) is 4.90. The van der Waals surface area contributed by atoms with E-state index in [1.165, 1.54) is 6.42 Å². The monoisotopic (exact) mass is 251 g/mol. The van der Waals surface area contributed by atoms with Gasteiger partial charge in [0, 0.05) is 25.5 Å². The maximum atomic E-state index is 12.1. The van der Waals surface area contributed by atoms with Crippen molar-refractivity contribution in [3.8, 4) is 0 Å². The molecular weight excluding hydrogens is 226 g/mol. The maximum absolute atomic E-state index is 12.1. The standard InChI is InChI=1S/C14H25N3O/c1-11(2)6-5-7-15-13-14(18)17(9-8-16-13)10-12(3)4/h8-9,11-12H,5-7,10H2,1-4H3,(H,15,16). The van der Waals surface area contributed by atoms with Crippen LogP contribution in [0.15, 0.2) is 17.2 Å². The van der Waals surface area contributed by atoms with Crippen LogP contribution in [0.2, 0.25) is 0 Å². The molecule has 0 aromatic carbocycles. The normalized spacial score (nSPS) is 11.2. The molecule has 0 spiro atoms. The van der Waals surface area contributed by atoms with Crippen LogP contribution >= 0.6 is 0 Å². The molecule has 1 N–H and O–H groups in total. The van der Waals surface area contributed by atoms with Crippen LogP contribution < -0.4 is 10.9 Å². The van der Waals surface area contributed by atoms with Crippen LogP contribution in [-0.4, -0.2) is 16.1 Å². The van der Waals surface area contributed by atoms with Crippen LogP contribution in [0.5, 0.6) is 0 Å². The highest BCUT2D eigenvalue weighted by Crippen LogP contribution is 2.04. The minimum atomic E-state index is -0.0178. The van der Waals surface area contributed by atoms with Gasteiger partial charge in [-0.25, -0.2) is 4.98 Å². The van der Waals surface area contributed by atoms with Gasteiger partial charge in [0.25, 0.3) is 5.56 Å². The Balaban J connectivity index is 2.58. The zero-order valence-electron chi connectivity index (χ0n) is 11.9. The van der Waals surface area contributed by atoms with Crippen molar-refractivity contribution in [1.82, 2.24) is 9.55 Å². The fourth-order valence-electron chi connectivity index (χ4n) is 1.82. The summed E-state index contributed by atoms with van der Waals surface area (Å²) in [6, 6.07) is 0. The van der Waals surface area contributed by atoms with Crippen LogP contribution in [0.1, 0.15) is 40.5 Å². The number of anilines is 1. The lowest BCUT2D eigenvalue weighted by molar-refractivity contribution is 0.509. The fraction of sp³-hybridized carbons (Fsp3) is 0.714. The molecular formula is C14H25N3O. The maximum Gasteiger partial charge on any atom is 0.293 e. The molecule has 1 heterocycles. The zero-order valence-corrected chi connectivity index (χ0v) is 11.9. The Kier molecular flexibility index (Phi) is 5.89. The molecule has 4 heteroatoms. The van der Waals surface area contributed by atoms with E-state index in [0.717, 1.165) is 19.5 Å². The topological polar surface area (TPSA) is 46.9 Å². The van der Waals surface area contributed by atoms with Gasteiger partial charge < -0.3 is 9.88 Å². The van der Waals surface area contributed by atoms with Crippen molar-refractivity contribution in [2.24, 2.45) is 11.8 Å². The number of rotatable bonds is 7. The smallest absolute Gasteiger partial charge is 0.293 e. The molecule has 0 aliphatic carbocycles. The van der Waals surface area contributed by atoms with Gasteiger partial charge in [0.1, 0.15) is 0 Å². The highest BCUT2D eigenvalue weighted by Gasteiger charge is 2.05. The van der Waals surface area contributed by atoms with Crippen molar-refractivity contribution in [3.05, 3.63) is 22.7 Å². The average Bonchev–Trinajstić information content (AvgIpc) is 2.28. The first-order valence-corrected chi connectivity index (χ1v) is 6.80. The van der Waals surface area contributed by atoms with Crippen molar-refractivity contribution in [3.63, 3.8) is 0 Å². The second-order valence-electron chi connectivity index (χ2n) is 5.59. The third-order valence-corrected chi connectivity index (χ3v) is 2.73. The summed E-state index contributed by atoms with van der Waals surface area (Å²) in [4.78, 5) is 16.2. The largest absolute Gasteiger partial charge is 0.365 e. The second kappa shape index (κ2) is 7.19. The summed E-state index contributed by atoms with van der Waals surface area (Å²) >= 11 is 0. The van der Waals surface area contributed by atoms with E-state index in [2.05, 4.69) is 38.0 Å². The number of hydrogen-bond donors (Lipinski definition) is 1. The van der Waals surface area contributed by atoms with Gasteiger partial charge >= 0.3 is 0 Å². The molecule has 0 atom stereocenters. The van der Waals surface area contributed by atoms with Crippen LogP contribution in [0.3, 0.4) is 0 Å². The molecule has 1 rings (SSSR count). The summed E-state index contributed by atoms with van der Waals surface area (Å²) in [5.41, 5.74) is -0.0178. The van der Waals surface area contributed by atoms with Crippen molar-refractivity contribution in [2.45, 2.75) is 47.1 Å². The molecule has 0 aliphatic rings. The Morgan fingerprint density at radius 3 is 2.61 bits per heavy atom. The van der Waals surface area contributed by atoms with E-state index in [0.29, 0.717) is 17.7 Å². The highest BCUT2D eigenvalue weighted by atomic mass is 16.1. The highest BCUT2D eigenvalue weighted by molar-refractivity contribution is 5.30. The molecule has 0 aliphatic heterocycles. The minimum Gasteiger partial charge on any atom is -0.365 e. The van der Waals surface area contributed by atoms with Crippen molar-refractivity contribution >= 4 is 5.82 Å². The fourth-order valence-corrected chi connectivity index (χ4v) is 1.82. The molecule has 0 saturated heterocycles. The summed E-state index contributed by atoms with van der Waals surface area (Å²) in [5.74, 6) is 1.63. The Bertz CT molecular complexity index is 410. The van der Waals surface area contributed by atoms with Gasteiger partial charge in [-0.05, 0) is 24.7 Å². The van der Waals surface area contributed by atoms with Gasteiger partial charge in [-0.2, -0.15) is 0 Å². The number of hydrogen-bond acceptors (Lipinski definition) is 3. The van der Waals surface area contributed by atoms with Crippen molar-refractivity contribution in [2.75, 3.05) is 11.9 Å². The summed E-state index contributed by atoms with van der Waals surface area (Å²) < 4.78 is 1.72. The zero-order chi connectivity index (χ0) is 13.5. The van der Waals surface area contributed by atoms with E-state index in [1.807, 2.05) is 0 Å². The van der Waals surface area contributed by atoms with Gasteiger partial charge in [0.15, 0.2) is 5.82 Å². The van der Waals surface area contributed by atoms with E-state index in [4.69, 9.17) is 0 Å². The van der Waals surface area contributed by atoms with Crippen LogP contribution in [0.25, 0.3) is 0 Å². The van der Waals surface area contributed by atoms with Crippen LogP contribution in [0.4, 0.5) is 5.82 Å². The molecule has 0 unspecified atom stereocenters. The molecule has 0 saturated carbocycles. The van der Waals surface area contributed by atoms with Gasteiger partial charge in [0.2, 0.25) is 0 Å². The first-order valence-electron chi connectivity index (χ1n) is 6.80. The Morgan fingerprint density at radius 1 is 1.28 bits per heavy atom. The van der Waals surface area contributed by atoms with Crippen LogP contribution in [-0.2, 0) is 6.54 Å². The first kappa shape index (κ1) is 14.7. The first-order chi connectivity index (χ1) is 8.50. The van der Waals surface area contributed by atoms with Gasteiger partial charge in [-0.3, -0.25) is 4.79 Å². The molecule has 18 heavy (non-hydrogen) atoms. The summed E-state index contributed by atoms with van der Waals surface area (Å²) in [5, 5.41) is 3.14. The Hall–Kier alpha value is -1.32. The summed E-state index contributed by atoms with van der Waals surface area (Å²) in [6.45, 7) is 10.2. The van der Waals surface area contributed by atoms with E-state index in [-0.39, 0.29) is 5.56 Å². The van der Waals surface area contributed by atoms with E-state index in [1.54, 1.807) is 17.0 Å².